The normalized spacial score (nSPS) is 12.6. The minimum atomic E-state index is -0.198. The number of nitrogens with zero attached hydrogens (tertiary/aromatic N) is 4. The van der Waals surface area contributed by atoms with Gasteiger partial charge in [0.2, 0.25) is 5.69 Å². The Morgan fingerprint density at radius 3 is 1.83 bits per heavy atom. The number of rotatable bonds is 5. The van der Waals surface area contributed by atoms with Gasteiger partial charge in [0.15, 0.2) is 12.0 Å². The van der Waals surface area contributed by atoms with E-state index in [1.807, 2.05) is 6.07 Å². The zero-order valence-corrected chi connectivity index (χ0v) is 30.2. The van der Waals surface area contributed by atoms with Crippen molar-refractivity contribution < 1.29 is 8.98 Å². The monoisotopic (exact) mass is 625 g/mol. The zero-order chi connectivity index (χ0) is 34.0. The Hall–Kier alpha value is -4.38. The highest BCUT2D eigenvalue weighted by atomic mass is 16.3. The quantitative estimate of drug-likeness (QED) is 0.179. The highest BCUT2D eigenvalue weighted by molar-refractivity contribution is 6.09. The van der Waals surface area contributed by atoms with E-state index in [-0.39, 0.29) is 22.7 Å². The van der Waals surface area contributed by atoms with Gasteiger partial charge in [0, 0.05) is 39.3 Å². The largest absolute Gasteiger partial charge is 0.455 e. The van der Waals surface area contributed by atoms with Gasteiger partial charge in [0.25, 0.3) is 0 Å². The molecule has 3 aromatic carbocycles. The van der Waals surface area contributed by atoms with Crippen LogP contribution in [0.25, 0.3) is 55.7 Å². The second-order valence-corrected chi connectivity index (χ2v) is 15.8. The lowest BCUT2D eigenvalue weighted by molar-refractivity contribution is -0.660. The van der Waals surface area contributed by atoms with Crippen molar-refractivity contribution in [3.63, 3.8) is 0 Å². The Balaban J connectivity index is 1.60. The van der Waals surface area contributed by atoms with Crippen LogP contribution >= 0.6 is 0 Å². The van der Waals surface area contributed by atoms with E-state index in [0.29, 0.717) is 0 Å². The van der Waals surface area contributed by atoms with E-state index in [1.165, 1.54) is 27.8 Å². The Morgan fingerprint density at radius 1 is 0.660 bits per heavy atom. The van der Waals surface area contributed by atoms with Crippen LogP contribution in [0.5, 0.6) is 0 Å². The van der Waals surface area contributed by atoms with E-state index in [2.05, 4.69) is 149 Å². The third-order valence-corrected chi connectivity index (χ3v) is 9.13. The molecule has 0 saturated carbocycles. The number of benzene rings is 3. The van der Waals surface area contributed by atoms with E-state index < -0.39 is 0 Å². The van der Waals surface area contributed by atoms with Crippen LogP contribution in [0.4, 0.5) is 0 Å². The summed E-state index contributed by atoms with van der Waals surface area (Å²) in [4.78, 5) is 15.1. The van der Waals surface area contributed by atoms with E-state index in [9.17, 15) is 0 Å². The predicted octanol–water partition coefficient (Wildman–Crippen LogP) is 10.7. The van der Waals surface area contributed by atoms with Crippen molar-refractivity contribution in [2.75, 3.05) is 0 Å². The summed E-state index contributed by atoms with van der Waals surface area (Å²) < 4.78 is 8.75. The van der Waals surface area contributed by atoms with Crippen LogP contribution in [0.3, 0.4) is 0 Å². The smallest absolute Gasteiger partial charge is 0.216 e. The lowest BCUT2D eigenvalue weighted by atomic mass is 9.83. The van der Waals surface area contributed by atoms with Gasteiger partial charge in [-0.1, -0.05) is 99.6 Å². The summed E-state index contributed by atoms with van der Waals surface area (Å²) in [6.45, 7) is 24.3. The number of hydrogen-bond donors (Lipinski definition) is 0. The van der Waals surface area contributed by atoms with Gasteiger partial charge in [-0.25, -0.2) is 19.5 Å². The van der Waals surface area contributed by atoms with Crippen molar-refractivity contribution in [3.8, 4) is 33.8 Å². The number of hydrogen-bond acceptors (Lipinski definition) is 4. The van der Waals surface area contributed by atoms with Gasteiger partial charge in [-0.2, -0.15) is 0 Å². The highest BCUT2D eigenvalue weighted by Crippen LogP contribution is 2.42. The van der Waals surface area contributed by atoms with Gasteiger partial charge < -0.3 is 4.42 Å². The number of aromatic nitrogens is 4. The van der Waals surface area contributed by atoms with Gasteiger partial charge in [0.05, 0.1) is 5.56 Å². The second kappa shape index (κ2) is 11.7. The van der Waals surface area contributed by atoms with Crippen LogP contribution in [0, 0.1) is 6.92 Å². The molecule has 0 bridgehead atoms. The molecule has 6 aromatic rings. The average molecular weight is 626 g/mol. The van der Waals surface area contributed by atoms with Gasteiger partial charge in [-0.15, -0.1) is 0 Å². The summed E-state index contributed by atoms with van der Waals surface area (Å²) >= 11 is 0. The van der Waals surface area contributed by atoms with E-state index in [1.54, 1.807) is 0 Å². The van der Waals surface area contributed by atoms with Crippen molar-refractivity contribution in [1.82, 2.24) is 15.0 Å². The molecule has 5 nitrogen and oxygen atoms in total. The molecule has 0 spiro atoms. The molecule has 47 heavy (non-hydrogen) atoms. The Labute approximate surface area is 280 Å². The third kappa shape index (κ3) is 5.97. The van der Waals surface area contributed by atoms with Crippen LogP contribution in [0.1, 0.15) is 109 Å². The molecule has 0 aliphatic heterocycles. The van der Waals surface area contributed by atoms with E-state index in [0.717, 1.165) is 56.2 Å². The van der Waals surface area contributed by atoms with Crippen molar-refractivity contribution >= 4 is 21.9 Å². The molecule has 3 heterocycles. The molecule has 0 aliphatic rings. The maximum atomic E-state index is 6.54. The molecule has 0 fully saturated rings. The first-order valence-corrected chi connectivity index (χ1v) is 16.9. The molecule has 242 valence electrons. The molecule has 0 aliphatic carbocycles. The molecule has 0 radical (unpaired) electrons. The molecule has 0 amide bonds. The number of para-hydroxylation sites is 1. The molecule has 0 atom stereocenters. The highest BCUT2D eigenvalue weighted by Gasteiger charge is 2.28. The Kier molecular flexibility index (Phi) is 8.10. The summed E-state index contributed by atoms with van der Waals surface area (Å²) in [5.74, 6) is 2.96. The first-order valence-electron chi connectivity index (χ1n) is 16.9. The van der Waals surface area contributed by atoms with Gasteiger partial charge in [-0.3, -0.25) is 0 Å². The molecular weight excluding hydrogens is 576 g/mol. The third-order valence-electron chi connectivity index (χ3n) is 9.13. The van der Waals surface area contributed by atoms with Crippen molar-refractivity contribution in [3.05, 3.63) is 95.2 Å². The fourth-order valence-corrected chi connectivity index (χ4v) is 6.42. The summed E-state index contributed by atoms with van der Waals surface area (Å²) in [6, 6.07) is 21.9. The molecular formula is C42H49N4O+. The van der Waals surface area contributed by atoms with Gasteiger partial charge in [-0.05, 0) is 64.8 Å². The van der Waals surface area contributed by atoms with Crippen LogP contribution < -0.4 is 4.57 Å². The molecule has 3 aromatic heterocycles. The first-order chi connectivity index (χ1) is 22.0. The SMILES string of the molecule is Cc1ccc2c(oc3ccccc32)c1-c1cc(-c2c(C(C)C)cc(-c3nc(C(C)(C)C)nc(C(C)(C)C)n3)cc2C(C)C)cc[n+]1C. The summed E-state index contributed by atoms with van der Waals surface area (Å²) in [5, 5.41) is 2.29. The van der Waals surface area contributed by atoms with Crippen LogP contribution in [0.2, 0.25) is 0 Å². The van der Waals surface area contributed by atoms with Crippen LogP contribution in [-0.2, 0) is 17.9 Å². The molecule has 0 unspecified atom stereocenters. The zero-order valence-electron chi connectivity index (χ0n) is 30.2. The maximum Gasteiger partial charge on any atom is 0.216 e. The predicted molar refractivity (Wildman–Crippen MR) is 195 cm³/mol. The minimum Gasteiger partial charge on any atom is -0.455 e. The maximum absolute atomic E-state index is 6.54. The molecule has 0 saturated heterocycles. The van der Waals surface area contributed by atoms with Gasteiger partial charge >= 0.3 is 0 Å². The minimum absolute atomic E-state index is 0.198. The molecule has 5 heteroatoms. The number of fused-ring (bicyclic) bond motifs is 3. The number of pyridine rings is 1. The first kappa shape index (κ1) is 32.6. The lowest BCUT2D eigenvalue weighted by Crippen LogP contribution is -2.30. The van der Waals surface area contributed by atoms with Crippen molar-refractivity contribution in [1.29, 1.82) is 0 Å². The lowest BCUT2D eigenvalue weighted by Gasteiger charge is -2.24. The number of furan rings is 1. The fraction of sp³-hybridized carbons (Fsp3) is 0.381. The standard InChI is InChI=1S/C42H49N4O/c1-24(2)31-21-28(38-43-39(41(6,7)8)45-40(44-38)42(9,10)11)22-32(25(3)4)36(31)27-19-20-46(12)33(23-27)35-26(5)17-18-30-29-15-13-14-16-34(29)47-37(30)35/h13-25H,1-12H3/q+1. The second-order valence-electron chi connectivity index (χ2n) is 15.8. The average Bonchev–Trinajstić information content (AvgIpc) is 3.38. The number of aryl methyl sites for hydroxylation is 2. The van der Waals surface area contributed by atoms with E-state index >= 15 is 0 Å². The van der Waals surface area contributed by atoms with Crippen LogP contribution in [-0.4, -0.2) is 15.0 Å². The topological polar surface area (TPSA) is 55.7 Å². The van der Waals surface area contributed by atoms with Crippen molar-refractivity contribution in [2.45, 2.75) is 98.8 Å². The Bertz CT molecular complexity index is 2080. The van der Waals surface area contributed by atoms with Crippen LogP contribution in [0.15, 0.2) is 71.3 Å². The molecule has 6 rings (SSSR count). The molecule has 0 N–H and O–H groups in total. The van der Waals surface area contributed by atoms with Gasteiger partial charge in [0.1, 0.15) is 29.9 Å². The summed E-state index contributed by atoms with van der Waals surface area (Å²) in [5.41, 5.74) is 11.0. The van der Waals surface area contributed by atoms with Crippen molar-refractivity contribution in [2.24, 2.45) is 7.05 Å². The Morgan fingerprint density at radius 2 is 1.26 bits per heavy atom. The van der Waals surface area contributed by atoms with E-state index in [4.69, 9.17) is 19.4 Å². The summed E-state index contributed by atoms with van der Waals surface area (Å²) in [7, 11) is 2.12. The summed E-state index contributed by atoms with van der Waals surface area (Å²) in [6.07, 6.45) is 2.19. The fourth-order valence-electron chi connectivity index (χ4n) is 6.42.